The first-order valence-corrected chi connectivity index (χ1v) is 11.6. The molecule has 178 valence electrons. The molecule has 0 aliphatic carbocycles. The van der Waals surface area contributed by atoms with Crippen LogP contribution in [-0.4, -0.2) is 54.3 Å². The van der Waals surface area contributed by atoms with Crippen LogP contribution in [0.2, 0.25) is 0 Å². The van der Waals surface area contributed by atoms with E-state index in [1.165, 1.54) is 15.4 Å². The van der Waals surface area contributed by atoms with E-state index in [-0.39, 0.29) is 36.3 Å². The number of carbonyl (C=O) groups is 3. The maximum Gasteiger partial charge on any atom is 0.322 e. The zero-order valence-corrected chi connectivity index (χ0v) is 20.2. The summed E-state index contributed by atoms with van der Waals surface area (Å²) in [4.78, 5) is 41.5. The third kappa shape index (κ3) is 4.83. The zero-order valence-electron chi connectivity index (χ0n) is 20.2. The Morgan fingerprint density at radius 2 is 1.74 bits per heavy atom. The highest BCUT2D eigenvalue weighted by atomic mass is 16.2. The molecular weight excluding hydrogens is 428 g/mol. The minimum absolute atomic E-state index is 0.00678. The second-order valence-electron chi connectivity index (χ2n) is 9.92. The van der Waals surface area contributed by atoms with Crippen LogP contribution in [0.15, 0.2) is 65.9 Å². The van der Waals surface area contributed by atoms with Crippen LogP contribution in [0.1, 0.15) is 43.5 Å². The van der Waals surface area contributed by atoms with Gasteiger partial charge in [0.05, 0.1) is 23.9 Å². The van der Waals surface area contributed by atoms with E-state index in [1.54, 1.807) is 7.05 Å². The van der Waals surface area contributed by atoms with E-state index >= 15 is 0 Å². The molecule has 2 aliphatic heterocycles. The number of urea groups is 1. The van der Waals surface area contributed by atoms with Crippen LogP contribution in [-0.2, 0) is 21.4 Å². The number of benzene rings is 2. The Bertz CT molecular complexity index is 1120. The molecule has 0 fully saturated rings. The Morgan fingerprint density at radius 3 is 2.38 bits per heavy atom. The molecule has 0 saturated heterocycles. The average Bonchev–Trinajstić information content (AvgIpc) is 3.12. The van der Waals surface area contributed by atoms with Gasteiger partial charge in [-0.2, -0.15) is 0 Å². The summed E-state index contributed by atoms with van der Waals surface area (Å²) >= 11 is 0. The number of nitrogens with one attached hydrogen (secondary N) is 2. The molecule has 0 bridgehead atoms. The molecule has 7 nitrogen and oxygen atoms in total. The highest BCUT2D eigenvalue weighted by Crippen LogP contribution is 2.36. The van der Waals surface area contributed by atoms with E-state index < -0.39 is 6.04 Å². The van der Waals surface area contributed by atoms with Gasteiger partial charge in [0, 0.05) is 13.6 Å². The van der Waals surface area contributed by atoms with Gasteiger partial charge < -0.3 is 15.5 Å². The summed E-state index contributed by atoms with van der Waals surface area (Å²) in [5.41, 5.74) is 4.36. The predicted octanol–water partition coefficient (Wildman–Crippen LogP) is 3.14. The summed E-state index contributed by atoms with van der Waals surface area (Å²) in [6.45, 7) is 7.12. The van der Waals surface area contributed by atoms with Gasteiger partial charge in [0.25, 0.3) is 5.91 Å². The van der Waals surface area contributed by atoms with Crippen LogP contribution >= 0.6 is 0 Å². The minimum Gasteiger partial charge on any atom is -0.354 e. The Morgan fingerprint density at radius 1 is 1.06 bits per heavy atom. The van der Waals surface area contributed by atoms with Crippen LogP contribution in [0.5, 0.6) is 0 Å². The van der Waals surface area contributed by atoms with E-state index in [9.17, 15) is 14.4 Å². The Labute approximate surface area is 200 Å². The highest BCUT2D eigenvalue weighted by Gasteiger charge is 2.43. The number of likely N-dealkylation sites (N-methyl/N-ethyl adjacent to an activating group) is 1. The van der Waals surface area contributed by atoms with E-state index in [0.29, 0.717) is 17.8 Å². The van der Waals surface area contributed by atoms with Crippen LogP contribution < -0.4 is 10.6 Å². The number of hydrogen-bond donors (Lipinski definition) is 2. The fourth-order valence-electron chi connectivity index (χ4n) is 4.40. The lowest BCUT2D eigenvalue weighted by atomic mass is 9.85. The van der Waals surface area contributed by atoms with Gasteiger partial charge >= 0.3 is 6.03 Å². The third-order valence-corrected chi connectivity index (χ3v) is 6.46. The number of carbonyl (C=O) groups excluding carboxylic acids is 3. The van der Waals surface area contributed by atoms with Crippen molar-refractivity contribution < 1.29 is 14.4 Å². The Kier molecular flexibility index (Phi) is 6.46. The van der Waals surface area contributed by atoms with E-state index in [2.05, 4.69) is 31.4 Å². The molecule has 2 heterocycles. The molecule has 4 rings (SSSR count). The molecule has 0 saturated carbocycles. The molecule has 7 heteroatoms. The summed E-state index contributed by atoms with van der Waals surface area (Å²) < 4.78 is 0. The SMILES string of the molecule is CN1C(=O)NC(c2ccc(C(C)(C)C)cc2)C2=C1CN(CC(=O)NCCc1ccccc1)C2=O. The lowest BCUT2D eigenvalue weighted by Gasteiger charge is -2.31. The summed E-state index contributed by atoms with van der Waals surface area (Å²) in [5.74, 6) is -0.429. The lowest BCUT2D eigenvalue weighted by Crippen LogP contribution is -2.45. The van der Waals surface area contributed by atoms with Crippen molar-refractivity contribution in [2.45, 2.75) is 38.6 Å². The highest BCUT2D eigenvalue weighted by molar-refractivity contribution is 6.02. The van der Waals surface area contributed by atoms with Crippen LogP contribution in [0.3, 0.4) is 0 Å². The van der Waals surface area contributed by atoms with Gasteiger partial charge in [-0.25, -0.2) is 4.79 Å². The molecule has 2 aliphatic rings. The molecule has 34 heavy (non-hydrogen) atoms. The van der Waals surface area contributed by atoms with Crippen LogP contribution in [0.25, 0.3) is 0 Å². The molecule has 2 aromatic rings. The van der Waals surface area contributed by atoms with Gasteiger partial charge in [0.15, 0.2) is 0 Å². The molecule has 0 spiro atoms. The van der Waals surface area contributed by atoms with E-state index in [4.69, 9.17) is 0 Å². The molecular formula is C27H32N4O3. The topological polar surface area (TPSA) is 81.8 Å². The van der Waals surface area contributed by atoms with Gasteiger partial charge in [0.2, 0.25) is 5.91 Å². The van der Waals surface area contributed by atoms with Crippen molar-refractivity contribution in [3.8, 4) is 0 Å². The maximum absolute atomic E-state index is 13.3. The van der Waals surface area contributed by atoms with Crippen molar-refractivity contribution in [3.63, 3.8) is 0 Å². The molecule has 2 N–H and O–H groups in total. The minimum atomic E-state index is -0.536. The van der Waals surface area contributed by atoms with Gasteiger partial charge in [-0.3, -0.25) is 14.5 Å². The van der Waals surface area contributed by atoms with Gasteiger partial charge in [-0.05, 0) is 28.5 Å². The second kappa shape index (κ2) is 9.33. The first-order valence-electron chi connectivity index (χ1n) is 11.6. The third-order valence-electron chi connectivity index (χ3n) is 6.46. The van der Waals surface area contributed by atoms with Gasteiger partial charge in [-0.1, -0.05) is 75.4 Å². The quantitative estimate of drug-likeness (QED) is 0.695. The van der Waals surface area contributed by atoms with Crippen molar-refractivity contribution in [3.05, 3.63) is 82.6 Å². The first-order chi connectivity index (χ1) is 16.1. The summed E-state index contributed by atoms with van der Waals surface area (Å²) in [6.07, 6.45) is 0.725. The standard InChI is InChI=1S/C27H32N4O3/c1-27(2,3)20-12-10-19(11-13-20)24-23-21(30(4)26(34)29-24)16-31(25(23)33)17-22(32)28-15-14-18-8-6-5-7-9-18/h5-13,24H,14-17H2,1-4H3,(H,28,32)(H,29,34). The zero-order chi connectivity index (χ0) is 24.5. The average molecular weight is 461 g/mol. The van der Waals surface area contributed by atoms with Crippen molar-refractivity contribution in [1.82, 2.24) is 20.4 Å². The molecule has 1 atom stereocenters. The first kappa shape index (κ1) is 23.5. The molecule has 4 amide bonds. The predicted molar refractivity (Wildman–Crippen MR) is 131 cm³/mol. The van der Waals surface area contributed by atoms with Crippen molar-refractivity contribution in [2.75, 3.05) is 26.7 Å². The number of nitrogens with zero attached hydrogens (tertiary/aromatic N) is 2. The lowest BCUT2D eigenvalue weighted by molar-refractivity contribution is -0.131. The molecule has 1 unspecified atom stereocenters. The monoisotopic (exact) mass is 460 g/mol. The Balaban J connectivity index is 1.45. The summed E-state index contributed by atoms with van der Waals surface area (Å²) in [6, 6.07) is 17.1. The summed E-state index contributed by atoms with van der Waals surface area (Å²) in [7, 11) is 1.65. The molecule has 0 aromatic heterocycles. The smallest absolute Gasteiger partial charge is 0.322 e. The van der Waals surface area contributed by atoms with Crippen molar-refractivity contribution in [2.24, 2.45) is 0 Å². The van der Waals surface area contributed by atoms with Gasteiger partial charge in [0.1, 0.15) is 6.54 Å². The largest absolute Gasteiger partial charge is 0.354 e. The second-order valence-corrected chi connectivity index (χ2v) is 9.92. The Hall–Kier alpha value is -3.61. The fourth-order valence-corrected chi connectivity index (χ4v) is 4.40. The molecule has 0 radical (unpaired) electrons. The van der Waals surface area contributed by atoms with Crippen molar-refractivity contribution >= 4 is 17.8 Å². The number of amides is 4. The van der Waals surface area contributed by atoms with Gasteiger partial charge in [-0.15, -0.1) is 0 Å². The van der Waals surface area contributed by atoms with Crippen LogP contribution in [0.4, 0.5) is 4.79 Å². The number of rotatable bonds is 6. The number of hydrogen-bond acceptors (Lipinski definition) is 3. The van der Waals surface area contributed by atoms with E-state index in [1.807, 2.05) is 54.6 Å². The summed E-state index contributed by atoms with van der Waals surface area (Å²) in [5, 5.41) is 5.85. The van der Waals surface area contributed by atoms with Crippen molar-refractivity contribution in [1.29, 1.82) is 0 Å². The fraction of sp³-hybridized carbons (Fsp3) is 0.370. The van der Waals surface area contributed by atoms with E-state index in [0.717, 1.165) is 17.5 Å². The molecule has 2 aromatic carbocycles. The maximum atomic E-state index is 13.3. The van der Waals surface area contributed by atoms with Crippen LogP contribution in [0, 0.1) is 0 Å². The normalized spacial score (nSPS) is 18.2.